The molecule has 2 aliphatic carbocycles. The van der Waals surface area contributed by atoms with Crippen molar-refractivity contribution in [2.75, 3.05) is 17.3 Å². The Morgan fingerprint density at radius 3 is 2.41 bits per heavy atom. The third-order valence-electron chi connectivity index (χ3n) is 8.09. The number of anilines is 2. The molecule has 3 atom stereocenters. The molecule has 39 heavy (non-hydrogen) atoms. The molecule has 3 aliphatic rings. The summed E-state index contributed by atoms with van der Waals surface area (Å²) in [5.41, 5.74) is 9.87. The van der Waals surface area contributed by atoms with E-state index >= 15 is 0 Å². The van der Waals surface area contributed by atoms with E-state index in [0.29, 0.717) is 0 Å². The van der Waals surface area contributed by atoms with Crippen LogP contribution in [0.1, 0.15) is 36.5 Å². The van der Waals surface area contributed by atoms with Crippen molar-refractivity contribution >= 4 is 11.4 Å². The molecule has 6 rings (SSSR count). The summed E-state index contributed by atoms with van der Waals surface area (Å²) in [6.45, 7) is 6.58. The van der Waals surface area contributed by atoms with E-state index in [1.807, 2.05) is 0 Å². The van der Waals surface area contributed by atoms with Crippen LogP contribution in [0.3, 0.4) is 0 Å². The highest BCUT2D eigenvalue weighted by molar-refractivity contribution is 5.74. The first-order chi connectivity index (χ1) is 19.0. The Hall–Kier alpha value is -4.48. The molecule has 0 spiro atoms. The first-order valence-corrected chi connectivity index (χ1v) is 13.7. The summed E-state index contributed by atoms with van der Waals surface area (Å²) in [6.07, 6.45) is 13.6. The highest BCUT2D eigenvalue weighted by atomic mass is 15.2. The number of rotatable bonds is 4. The molecule has 2 heteroatoms. The van der Waals surface area contributed by atoms with Gasteiger partial charge in [-0.1, -0.05) is 127 Å². The van der Waals surface area contributed by atoms with Gasteiger partial charge in [-0.05, 0) is 54.7 Å². The van der Waals surface area contributed by atoms with E-state index < -0.39 is 5.54 Å². The van der Waals surface area contributed by atoms with Crippen molar-refractivity contribution in [1.29, 1.82) is 0 Å². The fraction of sp³-hybridized carbons (Fsp3) is 0.189. The molecule has 0 saturated carbocycles. The molecular weight excluding hydrogens is 472 g/mol. The minimum Gasteiger partial charge on any atom is -0.355 e. The van der Waals surface area contributed by atoms with E-state index in [-0.39, 0.29) is 11.8 Å². The molecule has 2 bridgehead atoms. The molecule has 0 fully saturated rings. The van der Waals surface area contributed by atoms with Crippen LogP contribution in [0.15, 0.2) is 138 Å². The first-order valence-electron chi connectivity index (χ1n) is 13.7. The number of nitrogens with one attached hydrogen (secondary N) is 1. The molecular formula is C37H34N2. The highest BCUT2D eigenvalue weighted by Gasteiger charge is 2.44. The van der Waals surface area contributed by atoms with Gasteiger partial charge in [0, 0.05) is 24.0 Å². The van der Waals surface area contributed by atoms with Crippen LogP contribution >= 0.6 is 0 Å². The van der Waals surface area contributed by atoms with Crippen LogP contribution in [0, 0.1) is 24.7 Å². The summed E-state index contributed by atoms with van der Waals surface area (Å²) in [7, 11) is 2.19. The van der Waals surface area contributed by atoms with Crippen LogP contribution in [0.5, 0.6) is 0 Å². The van der Waals surface area contributed by atoms with Crippen LogP contribution < -0.4 is 10.2 Å². The van der Waals surface area contributed by atoms with E-state index in [2.05, 4.69) is 165 Å². The molecule has 3 aromatic carbocycles. The lowest BCUT2D eigenvalue weighted by atomic mass is 9.78. The monoisotopic (exact) mass is 506 g/mol. The first kappa shape index (κ1) is 24.8. The Balaban J connectivity index is 1.73. The Labute approximate surface area is 232 Å². The van der Waals surface area contributed by atoms with Gasteiger partial charge in [-0.15, -0.1) is 0 Å². The van der Waals surface area contributed by atoms with Crippen molar-refractivity contribution in [2.24, 2.45) is 5.92 Å². The number of hydrogen-bond donors (Lipinski definition) is 1. The molecule has 192 valence electrons. The predicted octanol–water partition coefficient (Wildman–Crippen LogP) is 8.44. The molecule has 0 saturated heterocycles. The summed E-state index contributed by atoms with van der Waals surface area (Å²) in [4.78, 5) is 2.38. The minimum atomic E-state index is -0.745. The zero-order chi connectivity index (χ0) is 27.0. The smallest absolute Gasteiger partial charge is 0.168 e. The van der Waals surface area contributed by atoms with E-state index in [1.165, 1.54) is 33.5 Å². The predicted molar refractivity (Wildman–Crippen MR) is 165 cm³/mol. The standard InChI is InChI=1S/C37H34N2/c1-26-17-20-31(21-18-26)38-36-33(34-25-27(2)11-10-12-28(34)3)22-19-29-23-24-37(36,30-13-6-5-7-14-30)39(4)35-16-9-8-15-32(29)35/h5-22,25,28-29,38H,1-4H3/b22-19-,36-33+. The van der Waals surface area contributed by atoms with Crippen LogP contribution in [0.25, 0.3) is 0 Å². The van der Waals surface area contributed by atoms with Crippen LogP contribution in [0.2, 0.25) is 0 Å². The highest BCUT2D eigenvalue weighted by Crippen LogP contribution is 2.47. The van der Waals surface area contributed by atoms with Gasteiger partial charge in [-0.25, -0.2) is 0 Å². The maximum atomic E-state index is 3.93. The van der Waals surface area contributed by atoms with Crippen molar-refractivity contribution in [1.82, 2.24) is 0 Å². The van der Waals surface area contributed by atoms with Crippen LogP contribution in [-0.4, -0.2) is 7.05 Å². The van der Waals surface area contributed by atoms with Gasteiger partial charge in [0.25, 0.3) is 0 Å². The van der Waals surface area contributed by atoms with Crippen molar-refractivity contribution in [3.05, 3.63) is 154 Å². The van der Waals surface area contributed by atoms with Gasteiger partial charge in [-0.2, -0.15) is 0 Å². The van der Waals surface area contributed by atoms with E-state index in [9.17, 15) is 0 Å². The van der Waals surface area contributed by atoms with Crippen LogP contribution in [0.4, 0.5) is 11.4 Å². The van der Waals surface area contributed by atoms with Crippen molar-refractivity contribution < 1.29 is 0 Å². The number of nitrogens with zero attached hydrogens (tertiary/aromatic N) is 1. The third kappa shape index (κ3) is 4.35. The lowest BCUT2D eigenvalue weighted by Crippen LogP contribution is -2.47. The summed E-state index contributed by atoms with van der Waals surface area (Å²) < 4.78 is 0. The molecule has 3 unspecified atom stereocenters. The molecule has 0 radical (unpaired) electrons. The largest absolute Gasteiger partial charge is 0.355 e. The second-order valence-corrected chi connectivity index (χ2v) is 10.8. The quantitative estimate of drug-likeness (QED) is 0.357. The molecule has 0 aromatic heterocycles. The van der Waals surface area contributed by atoms with Gasteiger partial charge in [0.15, 0.2) is 5.54 Å². The molecule has 1 heterocycles. The van der Waals surface area contributed by atoms with Gasteiger partial charge < -0.3 is 10.2 Å². The van der Waals surface area contributed by atoms with Crippen molar-refractivity contribution in [2.45, 2.75) is 32.2 Å². The number of fused-ring (bicyclic) bond motifs is 4. The van der Waals surface area contributed by atoms with Gasteiger partial charge in [0.1, 0.15) is 0 Å². The lowest BCUT2D eigenvalue weighted by Gasteiger charge is -2.43. The molecule has 3 aromatic rings. The zero-order valence-electron chi connectivity index (χ0n) is 23.1. The lowest BCUT2D eigenvalue weighted by molar-refractivity contribution is 0.631. The van der Waals surface area contributed by atoms with Gasteiger partial charge in [0.05, 0.1) is 11.6 Å². The number of aryl methyl sites for hydroxylation is 1. The number of allylic oxidation sites excluding steroid dienone is 9. The summed E-state index contributed by atoms with van der Waals surface area (Å²) in [5, 5.41) is 3.93. The molecule has 1 aliphatic heterocycles. The molecule has 0 amide bonds. The van der Waals surface area contributed by atoms with E-state index in [4.69, 9.17) is 0 Å². The van der Waals surface area contributed by atoms with Gasteiger partial charge >= 0.3 is 0 Å². The topological polar surface area (TPSA) is 15.3 Å². The fourth-order valence-corrected chi connectivity index (χ4v) is 5.93. The second-order valence-electron chi connectivity index (χ2n) is 10.8. The minimum absolute atomic E-state index is 0.000901. The van der Waals surface area contributed by atoms with Crippen molar-refractivity contribution in [3.63, 3.8) is 0 Å². The normalized spacial score (nSPS) is 26.1. The van der Waals surface area contributed by atoms with Gasteiger partial charge in [0.2, 0.25) is 0 Å². The van der Waals surface area contributed by atoms with E-state index in [0.717, 1.165) is 16.9 Å². The number of para-hydroxylation sites is 1. The Morgan fingerprint density at radius 2 is 1.62 bits per heavy atom. The Bertz CT molecular complexity index is 1620. The molecule has 2 nitrogen and oxygen atoms in total. The average molecular weight is 507 g/mol. The third-order valence-corrected chi connectivity index (χ3v) is 8.09. The zero-order valence-corrected chi connectivity index (χ0v) is 23.1. The summed E-state index contributed by atoms with van der Waals surface area (Å²) >= 11 is 0. The Kier molecular flexibility index (Phi) is 6.37. The maximum absolute atomic E-state index is 3.93. The molecule has 1 N–H and O–H groups in total. The fourth-order valence-electron chi connectivity index (χ4n) is 5.93. The van der Waals surface area contributed by atoms with E-state index in [1.54, 1.807) is 0 Å². The number of benzene rings is 3. The average Bonchev–Trinajstić information content (AvgIpc) is 3.17. The summed E-state index contributed by atoms with van der Waals surface area (Å²) in [6, 6.07) is 28.1. The summed E-state index contributed by atoms with van der Waals surface area (Å²) in [5.74, 6) is 7.78. The van der Waals surface area contributed by atoms with Crippen LogP contribution in [-0.2, 0) is 5.54 Å². The number of likely N-dealkylation sites (N-methyl/N-ethyl adjacent to an activating group) is 1. The number of hydrogen-bond acceptors (Lipinski definition) is 2. The maximum Gasteiger partial charge on any atom is 0.168 e. The Morgan fingerprint density at radius 1 is 0.872 bits per heavy atom. The SMILES string of the molecule is CC1=CC=CC(C)C(C2=C(/Nc3ccc(C)cc3)C3(c4ccccc4)C#CC(/C=C\2)c2ccccc2N3C)=C1. The van der Waals surface area contributed by atoms with Crippen molar-refractivity contribution in [3.8, 4) is 11.8 Å². The second kappa shape index (κ2) is 10.0. The van der Waals surface area contributed by atoms with Gasteiger partial charge in [-0.3, -0.25) is 0 Å².